The third-order valence-electron chi connectivity index (χ3n) is 1.70. The molecule has 2 aromatic rings. The smallest absolute Gasteiger partial charge is 0.286 e. The van der Waals surface area contributed by atoms with E-state index in [0.717, 1.165) is 0 Å². The minimum Gasteiger partial charge on any atom is -0.326 e. The van der Waals surface area contributed by atoms with Gasteiger partial charge in [-0.2, -0.15) is 4.39 Å². The normalized spacial score (nSPS) is 10.6. The van der Waals surface area contributed by atoms with Crippen LogP contribution in [-0.4, -0.2) is 15.0 Å². The monoisotopic (exact) mass is 179 g/mol. The highest BCUT2D eigenvalue weighted by molar-refractivity contribution is 5.76. The summed E-state index contributed by atoms with van der Waals surface area (Å²) in [4.78, 5) is 20.8. The predicted molar refractivity (Wildman–Crippen MR) is 44.9 cm³/mol. The fourth-order valence-corrected chi connectivity index (χ4v) is 1.07. The lowest BCUT2D eigenvalue weighted by molar-refractivity contribution is 0.617. The molecule has 66 valence electrons. The summed E-state index contributed by atoms with van der Waals surface area (Å²) >= 11 is 0. The van der Waals surface area contributed by atoms with E-state index >= 15 is 0 Å². The van der Waals surface area contributed by atoms with Crippen LogP contribution in [0.15, 0.2) is 17.2 Å². The molecule has 0 atom stereocenters. The topological polar surface area (TPSA) is 58.6 Å². The Labute approximate surface area is 72.5 Å². The van der Waals surface area contributed by atoms with Crippen LogP contribution in [0.5, 0.6) is 0 Å². The molecule has 2 rings (SSSR count). The van der Waals surface area contributed by atoms with Crippen molar-refractivity contribution >= 4 is 10.9 Å². The first kappa shape index (κ1) is 7.85. The molecule has 2 aromatic heterocycles. The second-order valence-electron chi connectivity index (χ2n) is 2.65. The summed E-state index contributed by atoms with van der Waals surface area (Å²) in [7, 11) is 0. The van der Waals surface area contributed by atoms with Crippen molar-refractivity contribution in [2.24, 2.45) is 0 Å². The summed E-state index contributed by atoms with van der Waals surface area (Å²) in [6.07, 6.45) is 2.86. The number of rotatable bonds is 0. The third-order valence-corrected chi connectivity index (χ3v) is 1.70. The standard InChI is InChI=1S/C8H6FN3O/c1-4-10-2-5-3-11-8(13)6(9)7(5)12-4/h2-3H,1H3,(H,11,13). The van der Waals surface area contributed by atoms with Gasteiger partial charge in [0.15, 0.2) is 0 Å². The molecule has 0 spiro atoms. The predicted octanol–water partition coefficient (Wildman–Crippen LogP) is 0.766. The Morgan fingerprint density at radius 1 is 1.54 bits per heavy atom. The molecule has 0 amide bonds. The molecule has 0 saturated heterocycles. The molecule has 0 radical (unpaired) electrons. The Balaban J connectivity index is 2.97. The number of pyridine rings is 1. The highest BCUT2D eigenvalue weighted by atomic mass is 19.1. The summed E-state index contributed by atoms with van der Waals surface area (Å²) in [5.74, 6) is -0.417. The second kappa shape index (κ2) is 2.62. The van der Waals surface area contributed by atoms with E-state index in [4.69, 9.17) is 0 Å². The molecule has 0 aliphatic heterocycles. The Kier molecular flexibility index (Phi) is 1.58. The van der Waals surface area contributed by atoms with Crippen molar-refractivity contribution in [2.75, 3.05) is 0 Å². The van der Waals surface area contributed by atoms with Crippen molar-refractivity contribution in [3.05, 3.63) is 34.4 Å². The average Bonchev–Trinajstić information content (AvgIpc) is 2.12. The number of aryl methyl sites for hydroxylation is 1. The van der Waals surface area contributed by atoms with Gasteiger partial charge in [0.2, 0.25) is 5.82 Å². The van der Waals surface area contributed by atoms with Crippen molar-refractivity contribution in [2.45, 2.75) is 6.92 Å². The van der Waals surface area contributed by atoms with Crippen LogP contribution in [0, 0.1) is 12.7 Å². The number of aromatic nitrogens is 3. The first-order valence-corrected chi connectivity index (χ1v) is 3.69. The van der Waals surface area contributed by atoms with E-state index in [-0.39, 0.29) is 5.52 Å². The SMILES string of the molecule is Cc1ncc2c[nH]c(=O)c(F)c2n1. The number of hydrogen-bond acceptors (Lipinski definition) is 3. The van der Waals surface area contributed by atoms with Crippen LogP contribution < -0.4 is 5.56 Å². The third kappa shape index (κ3) is 1.18. The average molecular weight is 179 g/mol. The molecular formula is C8H6FN3O. The molecule has 0 aliphatic carbocycles. The van der Waals surface area contributed by atoms with E-state index in [1.165, 1.54) is 12.4 Å². The molecule has 0 aliphatic rings. The van der Waals surface area contributed by atoms with E-state index in [2.05, 4.69) is 15.0 Å². The Morgan fingerprint density at radius 2 is 2.31 bits per heavy atom. The number of hydrogen-bond donors (Lipinski definition) is 1. The minimum absolute atomic E-state index is 0.0660. The lowest BCUT2D eigenvalue weighted by Gasteiger charge is -1.97. The van der Waals surface area contributed by atoms with Gasteiger partial charge in [0, 0.05) is 17.8 Å². The summed E-state index contributed by atoms with van der Waals surface area (Å²) in [6, 6.07) is 0. The molecule has 0 bridgehead atoms. The number of H-pyrrole nitrogens is 1. The fraction of sp³-hybridized carbons (Fsp3) is 0.125. The van der Waals surface area contributed by atoms with Gasteiger partial charge >= 0.3 is 0 Å². The van der Waals surface area contributed by atoms with E-state index in [9.17, 15) is 9.18 Å². The highest BCUT2D eigenvalue weighted by Gasteiger charge is 2.06. The maximum absolute atomic E-state index is 13.1. The molecule has 0 fully saturated rings. The highest BCUT2D eigenvalue weighted by Crippen LogP contribution is 2.09. The second-order valence-corrected chi connectivity index (χ2v) is 2.65. The Hall–Kier alpha value is -1.78. The van der Waals surface area contributed by atoms with Gasteiger partial charge in [-0.25, -0.2) is 9.97 Å². The maximum Gasteiger partial charge on any atom is 0.286 e. The minimum atomic E-state index is -0.858. The van der Waals surface area contributed by atoms with Gasteiger partial charge in [-0.1, -0.05) is 0 Å². The van der Waals surface area contributed by atoms with Gasteiger partial charge in [0.1, 0.15) is 11.3 Å². The van der Waals surface area contributed by atoms with Crippen molar-refractivity contribution in [1.82, 2.24) is 15.0 Å². The van der Waals surface area contributed by atoms with Gasteiger partial charge in [0.25, 0.3) is 5.56 Å². The molecule has 2 heterocycles. The lowest BCUT2D eigenvalue weighted by atomic mass is 10.3. The van der Waals surface area contributed by atoms with Crippen LogP contribution in [0.2, 0.25) is 0 Å². The molecule has 4 nitrogen and oxygen atoms in total. The zero-order chi connectivity index (χ0) is 9.42. The Bertz CT molecular complexity index is 520. The van der Waals surface area contributed by atoms with E-state index in [0.29, 0.717) is 11.2 Å². The molecule has 0 unspecified atom stereocenters. The van der Waals surface area contributed by atoms with Gasteiger partial charge in [-0.05, 0) is 6.92 Å². The van der Waals surface area contributed by atoms with E-state index in [1.54, 1.807) is 6.92 Å². The summed E-state index contributed by atoms with van der Waals surface area (Å²) in [5, 5.41) is 0.489. The summed E-state index contributed by atoms with van der Waals surface area (Å²) in [6.45, 7) is 1.64. The quantitative estimate of drug-likeness (QED) is 0.649. The molecule has 5 heteroatoms. The summed E-state index contributed by atoms with van der Waals surface area (Å²) in [5.41, 5.74) is -0.693. The van der Waals surface area contributed by atoms with Crippen LogP contribution in [0.3, 0.4) is 0 Å². The van der Waals surface area contributed by atoms with Crippen LogP contribution in [-0.2, 0) is 0 Å². The van der Waals surface area contributed by atoms with Crippen molar-refractivity contribution in [3.8, 4) is 0 Å². The molecule has 0 aromatic carbocycles. The number of nitrogens with one attached hydrogen (secondary N) is 1. The van der Waals surface area contributed by atoms with Gasteiger partial charge in [-0.3, -0.25) is 4.79 Å². The zero-order valence-corrected chi connectivity index (χ0v) is 6.84. The molecule has 13 heavy (non-hydrogen) atoms. The summed E-state index contributed by atoms with van der Waals surface area (Å²) < 4.78 is 13.1. The lowest BCUT2D eigenvalue weighted by Crippen LogP contribution is -2.11. The van der Waals surface area contributed by atoms with Gasteiger partial charge in [0.05, 0.1) is 0 Å². The fourth-order valence-electron chi connectivity index (χ4n) is 1.07. The van der Waals surface area contributed by atoms with Crippen molar-refractivity contribution < 1.29 is 4.39 Å². The number of nitrogens with zero attached hydrogens (tertiary/aromatic N) is 2. The molecular weight excluding hydrogens is 173 g/mol. The number of aromatic amines is 1. The molecule has 1 N–H and O–H groups in total. The van der Waals surface area contributed by atoms with Crippen molar-refractivity contribution in [1.29, 1.82) is 0 Å². The van der Waals surface area contributed by atoms with Crippen LogP contribution in [0.4, 0.5) is 4.39 Å². The van der Waals surface area contributed by atoms with Crippen LogP contribution in [0.1, 0.15) is 5.82 Å². The molecule has 0 saturated carbocycles. The zero-order valence-electron chi connectivity index (χ0n) is 6.84. The Morgan fingerprint density at radius 3 is 3.08 bits per heavy atom. The van der Waals surface area contributed by atoms with E-state index in [1.807, 2.05) is 0 Å². The van der Waals surface area contributed by atoms with Crippen molar-refractivity contribution in [3.63, 3.8) is 0 Å². The number of fused-ring (bicyclic) bond motifs is 1. The van der Waals surface area contributed by atoms with E-state index < -0.39 is 11.4 Å². The number of halogens is 1. The van der Waals surface area contributed by atoms with Crippen LogP contribution >= 0.6 is 0 Å². The first-order valence-electron chi connectivity index (χ1n) is 3.69. The maximum atomic E-state index is 13.1. The van der Waals surface area contributed by atoms with Gasteiger partial charge < -0.3 is 4.98 Å². The first-order chi connectivity index (χ1) is 6.18. The largest absolute Gasteiger partial charge is 0.326 e. The van der Waals surface area contributed by atoms with Gasteiger partial charge in [-0.15, -0.1) is 0 Å². The van der Waals surface area contributed by atoms with Crippen LogP contribution in [0.25, 0.3) is 10.9 Å².